The Labute approximate surface area is 163 Å². The summed E-state index contributed by atoms with van der Waals surface area (Å²) in [4.78, 5) is 19.2. The summed E-state index contributed by atoms with van der Waals surface area (Å²) in [6, 6.07) is 17.4. The van der Waals surface area contributed by atoms with E-state index in [1.54, 1.807) is 0 Å². The lowest BCUT2D eigenvalue weighted by atomic mass is 10.0. The molecule has 4 rings (SSSR count). The van der Waals surface area contributed by atoms with Crippen molar-refractivity contribution in [3.63, 3.8) is 0 Å². The summed E-state index contributed by atoms with van der Waals surface area (Å²) in [5.74, 6) is -0.242. The van der Waals surface area contributed by atoms with Gasteiger partial charge in [0.25, 0.3) is 5.91 Å². The van der Waals surface area contributed by atoms with Crippen LogP contribution in [0.3, 0.4) is 0 Å². The largest absolute Gasteiger partial charge is 0.321 e. The number of anilines is 1. The number of rotatable bonds is 5. The number of benzene rings is 2. The van der Waals surface area contributed by atoms with Crippen LogP contribution in [0.4, 0.5) is 5.69 Å². The average molecular weight is 371 g/mol. The van der Waals surface area contributed by atoms with Crippen LogP contribution in [0.25, 0.3) is 22.0 Å². The van der Waals surface area contributed by atoms with Crippen LogP contribution in [0.1, 0.15) is 16.1 Å². The molecule has 0 fully saturated rings. The van der Waals surface area contributed by atoms with Gasteiger partial charge < -0.3 is 10.2 Å². The molecule has 2 aromatic carbocycles. The van der Waals surface area contributed by atoms with Crippen molar-refractivity contribution in [1.29, 1.82) is 0 Å². The van der Waals surface area contributed by atoms with E-state index in [1.807, 2.05) is 75.0 Å². The van der Waals surface area contributed by atoms with E-state index in [-0.39, 0.29) is 5.91 Å². The highest BCUT2D eigenvalue weighted by Gasteiger charge is 2.15. The fourth-order valence-corrected chi connectivity index (χ4v) is 3.18. The van der Waals surface area contributed by atoms with Gasteiger partial charge >= 0.3 is 0 Å². The number of carbonyl (C=O) groups excluding carboxylic acids is 1. The van der Waals surface area contributed by atoms with Gasteiger partial charge in [-0.3, -0.25) is 14.9 Å². The van der Waals surface area contributed by atoms with Gasteiger partial charge in [-0.05, 0) is 55.6 Å². The van der Waals surface area contributed by atoms with Crippen LogP contribution in [-0.2, 0) is 6.54 Å². The second-order valence-electron chi connectivity index (χ2n) is 6.97. The third-order valence-electron chi connectivity index (χ3n) is 4.44. The van der Waals surface area contributed by atoms with Gasteiger partial charge in [0.05, 0.1) is 5.52 Å². The Morgan fingerprint density at radius 3 is 2.64 bits per heavy atom. The molecule has 0 saturated carbocycles. The number of hydrogen-bond donors (Lipinski definition) is 2. The zero-order valence-electron chi connectivity index (χ0n) is 15.8. The normalized spacial score (nSPS) is 11.1. The highest BCUT2D eigenvalue weighted by Crippen LogP contribution is 2.26. The first-order valence-corrected chi connectivity index (χ1v) is 9.04. The van der Waals surface area contributed by atoms with Gasteiger partial charge in [-0.2, -0.15) is 5.10 Å². The van der Waals surface area contributed by atoms with Crippen LogP contribution in [0, 0.1) is 0 Å². The number of aromatic nitrogens is 3. The Hall–Kier alpha value is -3.51. The van der Waals surface area contributed by atoms with Gasteiger partial charge in [0.1, 0.15) is 0 Å². The van der Waals surface area contributed by atoms with Gasteiger partial charge in [0.2, 0.25) is 0 Å². The van der Waals surface area contributed by atoms with Gasteiger partial charge in [0.15, 0.2) is 5.69 Å². The highest BCUT2D eigenvalue weighted by molar-refractivity contribution is 6.11. The van der Waals surface area contributed by atoms with Crippen LogP contribution in [0.2, 0.25) is 0 Å². The number of aromatic amines is 1. The van der Waals surface area contributed by atoms with E-state index in [0.29, 0.717) is 5.69 Å². The van der Waals surface area contributed by atoms with Gasteiger partial charge in [-0.25, -0.2) is 0 Å². The number of carbonyl (C=O) groups is 1. The molecular formula is C22H21N5O. The minimum Gasteiger partial charge on any atom is -0.321 e. The third-order valence-corrected chi connectivity index (χ3v) is 4.44. The van der Waals surface area contributed by atoms with Crippen LogP contribution in [0.5, 0.6) is 0 Å². The van der Waals surface area contributed by atoms with E-state index < -0.39 is 0 Å². The van der Waals surface area contributed by atoms with E-state index >= 15 is 0 Å². The van der Waals surface area contributed by atoms with Gasteiger partial charge in [-0.1, -0.05) is 24.3 Å². The minimum absolute atomic E-state index is 0.242. The second-order valence-corrected chi connectivity index (χ2v) is 6.97. The molecule has 2 aromatic heterocycles. The Balaban J connectivity index is 1.67. The molecular weight excluding hydrogens is 350 g/mol. The SMILES string of the molecule is CN(C)Cc1cncc(-c2ccc3[nH]nc(C(=O)Nc4ccccc4)c3c2)c1. The summed E-state index contributed by atoms with van der Waals surface area (Å²) in [6.45, 7) is 0.819. The number of hydrogen-bond acceptors (Lipinski definition) is 4. The number of nitrogens with one attached hydrogen (secondary N) is 2. The summed E-state index contributed by atoms with van der Waals surface area (Å²) in [5, 5.41) is 10.8. The molecule has 0 radical (unpaired) electrons. The number of pyridine rings is 1. The molecule has 0 spiro atoms. The molecule has 2 N–H and O–H groups in total. The summed E-state index contributed by atoms with van der Waals surface area (Å²) < 4.78 is 0. The number of amides is 1. The van der Waals surface area contributed by atoms with Crippen molar-refractivity contribution in [1.82, 2.24) is 20.1 Å². The fourth-order valence-electron chi connectivity index (χ4n) is 3.18. The zero-order chi connectivity index (χ0) is 19.5. The number of H-pyrrole nitrogens is 1. The molecule has 6 nitrogen and oxygen atoms in total. The molecule has 4 aromatic rings. The minimum atomic E-state index is -0.242. The summed E-state index contributed by atoms with van der Waals surface area (Å²) >= 11 is 0. The molecule has 1 amide bonds. The third kappa shape index (κ3) is 3.77. The molecule has 0 aliphatic heterocycles. The summed E-state index contributed by atoms with van der Waals surface area (Å²) in [7, 11) is 4.06. The molecule has 0 bridgehead atoms. The quantitative estimate of drug-likeness (QED) is 0.557. The maximum atomic E-state index is 12.7. The predicted octanol–water partition coefficient (Wildman–Crippen LogP) is 3.94. The Morgan fingerprint density at radius 1 is 1.04 bits per heavy atom. The van der Waals surface area contributed by atoms with E-state index in [9.17, 15) is 4.79 Å². The van der Waals surface area contributed by atoms with Crippen molar-refractivity contribution in [2.75, 3.05) is 19.4 Å². The predicted molar refractivity (Wildman–Crippen MR) is 111 cm³/mol. The van der Waals surface area contributed by atoms with Crippen molar-refractivity contribution in [2.24, 2.45) is 0 Å². The Kier molecular flexibility index (Phi) is 4.87. The number of nitrogens with zero attached hydrogens (tertiary/aromatic N) is 3. The van der Waals surface area contributed by atoms with E-state index in [4.69, 9.17) is 0 Å². The first-order valence-electron chi connectivity index (χ1n) is 9.04. The van der Waals surface area contributed by atoms with E-state index in [1.165, 1.54) is 0 Å². The summed E-state index contributed by atoms with van der Waals surface area (Å²) in [5.41, 5.74) is 5.07. The molecule has 6 heteroatoms. The Morgan fingerprint density at radius 2 is 1.86 bits per heavy atom. The monoisotopic (exact) mass is 371 g/mol. The second kappa shape index (κ2) is 7.62. The van der Waals surface area contributed by atoms with Crippen LogP contribution in [0.15, 0.2) is 67.0 Å². The van der Waals surface area contributed by atoms with Crippen molar-refractivity contribution < 1.29 is 4.79 Å². The van der Waals surface area contributed by atoms with E-state index in [2.05, 4.69) is 31.5 Å². The maximum Gasteiger partial charge on any atom is 0.276 e. The molecule has 0 saturated heterocycles. The van der Waals surface area contributed by atoms with Crippen LogP contribution >= 0.6 is 0 Å². The lowest BCUT2D eigenvalue weighted by Crippen LogP contribution is -2.12. The summed E-state index contributed by atoms with van der Waals surface area (Å²) in [6.07, 6.45) is 3.71. The van der Waals surface area contributed by atoms with Crippen LogP contribution in [-0.4, -0.2) is 40.1 Å². The zero-order valence-corrected chi connectivity index (χ0v) is 15.8. The van der Waals surface area contributed by atoms with Gasteiger partial charge in [0, 0.05) is 35.6 Å². The molecule has 2 heterocycles. The highest BCUT2D eigenvalue weighted by atomic mass is 16.1. The van der Waals surface area contributed by atoms with Crippen molar-refractivity contribution in [3.05, 3.63) is 78.2 Å². The van der Waals surface area contributed by atoms with Crippen molar-refractivity contribution in [2.45, 2.75) is 6.54 Å². The molecule has 0 atom stereocenters. The lowest BCUT2D eigenvalue weighted by molar-refractivity contribution is 0.102. The van der Waals surface area contributed by atoms with Gasteiger partial charge in [-0.15, -0.1) is 0 Å². The Bertz CT molecular complexity index is 1120. The standard InChI is InChI=1S/C22H21N5O/c1-27(2)14-15-10-17(13-23-12-15)16-8-9-20-19(11-16)21(26-25-20)22(28)24-18-6-4-3-5-7-18/h3-13H,14H2,1-2H3,(H,24,28)(H,25,26). The average Bonchev–Trinajstić information content (AvgIpc) is 3.12. The van der Waals surface area contributed by atoms with E-state index in [0.717, 1.165) is 39.8 Å². The molecule has 0 unspecified atom stereocenters. The first kappa shape index (κ1) is 17.9. The fraction of sp³-hybridized carbons (Fsp3) is 0.136. The lowest BCUT2D eigenvalue weighted by Gasteiger charge is -2.10. The molecule has 0 aliphatic rings. The topological polar surface area (TPSA) is 73.9 Å². The van der Waals surface area contributed by atoms with Crippen molar-refractivity contribution >= 4 is 22.5 Å². The number of fused-ring (bicyclic) bond motifs is 1. The van der Waals surface area contributed by atoms with Crippen molar-refractivity contribution in [3.8, 4) is 11.1 Å². The molecule has 140 valence electrons. The first-order chi connectivity index (χ1) is 13.6. The molecule has 0 aliphatic carbocycles. The smallest absolute Gasteiger partial charge is 0.276 e. The van der Waals surface area contributed by atoms with Crippen LogP contribution < -0.4 is 5.32 Å². The number of para-hydroxylation sites is 1. The molecule has 28 heavy (non-hydrogen) atoms. The maximum absolute atomic E-state index is 12.7.